The molecule has 4 heteroatoms. The number of nitrogens with one attached hydrogen (secondary N) is 2. The fourth-order valence-electron chi connectivity index (χ4n) is 2.67. The molecule has 0 bridgehead atoms. The van der Waals surface area contributed by atoms with Crippen LogP contribution in [-0.4, -0.2) is 37.7 Å². The van der Waals surface area contributed by atoms with Crippen molar-refractivity contribution < 1.29 is 9.53 Å². The van der Waals surface area contributed by atoms with Crippen LogP contribution < -0.4 is 10.6 Å². The molecule has 1 amide bonds. The minimum atomic E-state index is 0.0652. The zero-order valence-corrected chi connectivity index (χ0v) is 10.5. The van der Waals surface area contributed by atoms with Gasteiger partial charge in [-0.2, -0.15) is 0 Å². The molecule has 0 aromatic rings. The van der Waals surface area contributed by atoms with Crippen molar-refractivity contribution in [1.82, 2.24) is 10.6 Å². The van der Waals surface area contributed by atoms with Gasteiger partial charge in [0.2, 0.25) is 5.91 Å². The minimum absolute atomic E-state index is 0.0652. The van der Waals surface area contributed by atoms with E-state index in [1.807, 2.05) is 0 Å². The lowest BCUT2D eigenvalue weighted by atomic mass is 9.95. The maximum absolute atomic E-state index is 11.7. The summed E-state index contributed by atoms with van der Waals surface area (Å²) in [5, 5.41) is 6.37. The lowest BCUT2D eigenvalue weighted by Gasteiger charge is -2.25. The van der Waals surface area contributed by atoms with E-state index < -0.39 is 0 Å². The Morgan fingerprint density at radius 2 is 1.82 bits per heavy atom. The molecule has 4 nitrogen and oxygen atoms in total. The first-order valence-corrected chi connectivity index (χ1v) is 6.96. The van der Waals surface area contributed by atoms with Gasteiger partial charge in [0.05, 0.1) is 6.10 Å². The van der Waals surface area contributed by atoms with Gasteiger partial charge in [0.1, 0.15) is 6.61 Å². The predicted octanol–water partition coefficient (Wildman–Crippen LogP) is 1.20. The van der Waals surface area contributed by atoms with Crippen LogP contribution in [0.3, 0.4) is 0 Å². The van der Waals surface area contributed by atoms with Crippen LogP contribution in [0.4, 0.5) is 0 Å². The number of rotatable bonds is 4. The zero-order valence-electron chi connectivity index (χ0n) is 10.5. The molecule has 2 aliphatic rings. The molecule has 2 fully saturated rings. The summed E-state index contributed by atoms with van der Waals surface area (Å²) in [4.78, 5) is 11.7. The van der Waals surface area contributed by atoms with Crippen LogP contribution in [0, 0.1) is 0 Å². The maximum atomic E-state index is 11.7. The van der Waals surface area contributed by atoms with Crippen LogP contribution in [0.25, 0.3) is 0 Å². The largest absolute Gasteiger partial charge is 0.368 e. The van der Waals surface area contributed by atoms with Gasteiger partial charge in [-0.3, -0.25) is 4.79 Å². The second kappa shape index (κ2) is 6.97. The summed E-state index contributed by atoms with van der Waals surface area (Å²) in [6, 6.07) is 0.396. The van der Waals surface area contributed by atoms with Crippen LogP contribution in [0.15, 0.2) is 0 Å². The Balaban J connectivity index is 1.59. The van der Waals surface area contributed by atoms with Crippen molar-refractivity contribution >= 4 is 5.91 Å². The maximum Gasteiger partial charge on any atom is 0.246 e. The fourth-order valence-corrected chi connectivity index (χ4v) is 2.67. The van der Waals surface area contributed by atoms with Crippen molar-refractivity contribution in [2.45, 2.75) is 57.1 Å². The van der Waals surface area contributed by atoms with E-state index in [4.69, 9.17) is 4.74 Å². The lowest BCUT2D eigenvalue weighted by Crippen LogP contribution is -2.40. The average Bonchev–Trinajstić information content (AvgIpc) is 2.39. The quantitative estimate of drug-likeness (QED) is 0.776. The summed E-state index contributed by atoms with van der Waals surface area (Å²) in [6.07, 6.45) is 8.41. The topological polar surface area (TPSA) is 50.4 Å². The van der Waals surface area contributed by atoms with E-state index in [0.29, 0.717) is 6.04 Å². The van der Waals surface area contributed by atoms with Gasteiger partial charge in [-0.05, 0) is 38.8 Å². The Kier molecular flexibility index (Phi) is 5.26. The molecule has 0 radical (unpaired) electrons. The van der Waals surface area contributed by atoms with Crippen molar-refractivity contribution in [2.24, 2.45) is 0 Å². The summed E-state index contributed by atoms with van der Waals surface area (Å²) < 4.78 is 5.63. The Bertz CT molecular complexity index is 234. The highest BCUT2D eigenvalue weighted by atomic mass is 16.5. The lowest BCUT2D eigenvalue weighted by molar-refractivity contribution is -0.129. The van der Waals surface area contributed by atoms with E-state index in [-0.39, 0.29) is 18.6 Å². The molecule has 0 atom stereocenters. The molecule has 1 aliphatic heterocycles. The smallest absolute Gasteiger partial charge is 0.246 e. The van der Waals surface area contributed by atoms with Gasteiger partial charge in [0, 0.05) is 6.04 Å². The monoisotopic (exact) mass is 240 g/mol. The van der Waals surface area contributed by atoms with Gasteiger partial charge < -0.3 is 15.4 Å². The van der Waals surface area contributed by atoms with Crippen LogP contribution in [0.5, 0.6) is 0 Å². The second-order valence-corrected chi connectivity index (χ2v) is 5.16. The molecule has 0 aromatic carbocycles. The Morgan fingerprint density at radius 1 is 1.12 bits per heavy atom. The average molecular weight is 240 g/mol. The highest BCUT2D eigenvalue weighted by Crippen LogP contribution is 2.17. The predicted molar refractivity (Wildman–Crippen MR) is 66.9 cm³/mol. The molecule has 98 valence electrons. The van der Waals surface area contributed by atoms with Gasteiger partial charge in [0.25, 0.3) is 0 Å². The fraction of sp³-hybridized carbons (Fsp3) is 0.923. The van der Waals surface area contributed by atoms with Gasteiger partial charge in [-0.25, -0.2) is 0 Å². The molecular formula is C13H24N2O2. The Hall–Kier alpha value is -0.610. The van der Waals surface area contributed by atoms with E-state index in [1.165, 1.54) is 19.3 Å². The summed E-state index contributed by atoms with van der Waals surface area (Å²) in [6.45, 7) is 2.25. The number of ether oxygens (including phenoxy) is 1. The third-order valence-electron chi connectivity index (χ3n) is 3.71. The zero-order chi connectivity index (χ0) is 11.9. The Morgan fingerprint density at radius 3 is 2.53 bits per heavy atom. The van der Waals surface area contributed by atoms with Crippen LogP contribution in [0.2, 0.25) is 0 Å². The highest BCUT2D eigenvalue weighted by molar-refractivity contribution is 5.77. The van der Waals surface area contributed by atoms with E-state index in [0.717, 1.165) is 38.8 Å². The van der Waals surface area contributed by atoms with Crippen molar-refractivity contribution in [3.63, 3.8) is 0 Å². The molecule has 1 heterocycles. The van der Waals surface area contributed by atoms with Crippen LogP contribution >= 0.6 is 0 Å². The normalized spacial score (nSPS) is 23.5. The van der Waals surface area contributed by atoms with Crippen molar-refractivity contribution in [1.29, 1.82) is 0 Å². The first-order chi connectivity index (χ1) is 8.34. The second-order valence-electron chi connectivity index (χ2n) is 5.16. The molecule has 1 saturated carbocycles. The molecule has 2 N–H and O–H groups in total. The van der Waals surface area contributed by atoms with Gasteiger partial charge in [0.15, 0.2) is 0 Å². The van der Waals surface area contributed by atoms with Crippen LogP contribution in [0.1, 0.15) is 44.9 Å². The molecule has 0 aromatic heterocycles. The molecular weight excluding hydrogens is 216 g/mol. The number of piperidine rings is 1. The summed E-state index contributed by atoms with van der Waals surface area (Å²) in [5.74, 6) is 0.0652. The van der Waals surface area contributed by atoms with Crippen molar-refractivity contribution in [2.75, 3.05) is 19.7 Å². The number of amides is 1. The summed E-state index contributed by atoms with van der Waals surface area (Å²) >= 11 is 0. The first kappa shape index (κ1) is 12.8. The number of carbonyl (C=O) groups excluding carboxylic acids is 1. The summed E-state index contributed by atoms with van der Waals surface area (Å²) in [5.41, 5.74) is 0. The van der Waals surface area contributed by atoms with Crippen molar-refractivity contribution in [3.8, 4) is 0 Å². The third-order valence-corrected chi connectivity index (χ3v) is 3.71. The number of hydrogen-bond donors (Lipinski definition) is 2. The molecule has 0 unspecified atom stereocenters. The Labute approximate surface area is 103 Å². The molecule has 2 rings (SSSR count). The number of hydrogen-bond acceptors (Lipinski definition) is 3. The molecule has 17 heavy (non-hydrogen) atoms. The van der Waals surface area contributed by atoms with Crippen molar-refractivity contribution in [3.05, 3.63) is 0 Å². The first-order valence-electron chi connectivity index (χ1n) is 6.96. The third kappa shape index (κ3) is 4.64. The standard InChI is InChI=1S/C13H24N2O2/c16-13(15-11-4-2-1-3-5-11)10-17-12-6-8-14-9-7-12/h11-12,14H,1-10H2,(H,15,16). The van der Waals surface area contributed by atoms with E-state index in [1.54, 1.807) is 0 Å². The van der Waals surface area contributed by atoms with E-state index in [9.17, 15) is 4.79 Å². The molecule has 1 aliphatic carbocycles. The van der Waals surface area contributed by atoms with E-state index >= 15 is 0 Å². The SMILES string of the molecule is O=C(COC1CCNCC1)NC1CCCCC1. The molecule has 1 saturated heterocycles. The highest BCUT2D eigenvalue weighted by Gasteiger charge is 2.18. The van der Waals surface area contributed by atoms with Gasteiger partial charge >= 0.3 is 0 Å². The van der Waals surface area contributed by atoms with E-state index in [2.05, 4.69) is 10.6 Å². The molecule has 0 spiro atoms. The van der Waals surface area contributed by atoms with Crippen LogP contribution in [-0.2, 0) is 9.53 Å². The summed E-state index contributed by atoms with van der Waals surface area (Å²) in [7, 11) is 0. The number of carbonyl (C=O) groups is 1. The van der Waals surface area contributed by atoms with Gasteiger partial charge in [-0.1, -0.05) is 19.3 Å². The van der Waals surface area contributed by atoms with Gasteiger partial charge in [-0.15, -0.1) is 0 Å². The minimum Gasteiger partial charge on any atom is -0.368 e.